The molecular formula is C46H84NO8P. The molecular weight excluding hydrogens is 725 g/mol. The molecule has 0 bridgehead atoms. The number of esters is 2. The van der Waals surface area contributed by atoms with Gasteiger partial charge in [-0.2, -0.15) is 0 Å². The molecule has 0 saturated heterocycles. The molecule has 9 nitrogen and oxygen atoms in total. The summed E-state index contributed by atoms with van der Waals surface area (Å²) in [6, 6.07) is 0. The highest BCUT2D eigenvalue weighted by Gasteiger charge is 2.21. The van der Waals surface area contributed by atoms with E-state index in [0.717, 1.165) is 38.5 Å². The third-order valence-electron chi connectivity index (χ3n) is 9.35. The maximum Gasteiger partial charge on any atom is 0.306 e. The van der Waals surface area contributed by atoms with Gasteiger partial charge in [-0.05, 0) is 51.4 Å². The Morgan fingerprint density at radius 1 is 0.554 bits per heavy atom. The van der Waals surface area contributed by atoms with Gasteiger partial charge in [0.25, 0.3) is 7.82 Å². The number of quaternary nitrogens is 1. The maximum absolute atomic E-state index is 12.6. The Labute approximate surface area is 343 Å². The minimum absolute atomic E-state index is 0.0412. The van der Waals surface area contributed by atoms with E-state index < -0.39 is 32.5 Å². The van der Waals surface area contributed by atoms with Crippen molar-refractivity contribution >= 4 is 19.8 Å². The van der Waals surface area contributed by atoms with E-state index in [1.54, 1.807) is 0 Å². The van der Waals surface area contributed by atoms with Crippen molar-refractivity contribution in [1.82, 2.24) is 0 Å². The number of hydrogen-bond donors (Lipinski definition) is 0. The summed E-state index contributed by atoms with van der Waals surface area (Å²) in [6.45, 7) is 4.14. The SMILES string of the molecule is CCCCC/C=C\C/C=C\C/C=C\C/C=C\CCCC(=O)OC(COC(=O)CCCCCCCCCCCCCCCCC)COP(=O)([O-])OCC[N+](C)(C)C. The molecule has 0 aromatic carbocycles. The largest absolute Gasteiger partial charge is 0.756 e. The van der Waals surface area contributed by atoms with Crippen molar-refractivity contribution in [2.24, 2.45) is 0 Å². The molecule has 0 aliphatic carbocycles. The van der Waals surface area contributed by atoms with Crippen LogP contribution in [0.3, 0.4) is 0 Å². The zero-order valence-corrected chi connectivity index (χ0v) is 37.5. The Hall–Kier alpha value is -2.03. The molecule has 0 aliphatic rings. The van der Waals surface area contributed by atoms with E-state index in [9.17, 15) is 19.0 Å². The van der Waals surface area contributed by atoms with Crippen molar-refractivity contribution in [1.29, 1.82) is 0 Å². The molecule has 0 amide bonds. The van der Waals surface area contributed by atoms with Crippen LogP contribution in [-0.2, 0) is 32.7 Å². The Balaban J connectivity index is 4.45. The second-order valence-corrected chi connectivity index (χ2v) is 17.5. The molecule has 0 spiro atoms. The lowest BCUT2D eigenvalue weighted by Gasteiger charge is -2.28. The molecule has 0 aromatic rings. The lowest BCUT2D eigenvalue weighted by Crippen LogP contribution is -2.37. The van der Waals surface area contributed by atoms with Gasteiger partial charge < -0.3 is 27.9 Å². The van der Waals surface area contributed by atoms with Gasteiger partial charge in [-0.3, -0.25) is 14.2 Å². The zero-order chi connectivity index (χ0) is 41.4. The third-order valence-corrected chi connectivity index (χ3v) is 10.3. The van der Waals surface area contributed by atoms with Gasteiger partial charge >= 0.3 is 11.9 Å². The van der Waals surface area contributed by atoms with Crippen LogP contribution < -0.4 is 4.89 Å². The van der Waals surface area contributed by atoms with Crippen LogP contribution in [0.4, 0.5) is 0 Å². The third kappa shape index (κ3) is 41.6. The number of rotatable bonds is 40. The summed E-state index contributed by atoms with van der Waals surface area (Å²) >= 11 is 0. The monoisotopic (exact) mass is 810 g/mol. The van der Waals surface area contributed by atoms with E-state index in [2.05, 4.69) is 56.4 Å². The zero-order valence-electron chi connectivity index (χ0n) is 36.6. The Bertz CT molecular complexity index is 1100. The highest BCUT2D eigenvalue weighted by atomic mass is 31.2. The first-order chi connectivity index (χ1) is 27.0. The second-order valence-electron chi connectivity index (χ2n) is 16.1. The van der Waals surface area contributed by atoms with Crippen LogP contribution in [0.1, 0.15) is 181 Å². The molecule has 326 valence electrons. The van der Waals surface area contributed by atoms with Crippen LogP contribution in [0.5, 0.6) is 0 Å². The molecule has 0 aromatic heterocycles. The number of allylic oxidation sites excluding steroid dienone is 8. The predicted octanol–water partition coefficient (Wildman–Crippen LogP) is 12.1. The van der Waals surface area contributed by atoms with Crippen LogP contribution in [0.2, 0.25) is 0 Å². The Kier molecular flexibility index (Phi) is 37.1. The van der Waals surface area contributed by atoms with E-state index in [1.165, 1.54) is 103 Å². The summed E-state index contributed by atoms with van der Waals surface area (Å²) in [5, 5.41) is 0. The van der Waals surface area contributed by atoms with Gasteiger partial charge in [0.05, 0.1) is 27.7 Å². The molecule has 0 saturated carbocycles. The Morgan fingerprint density at radius 2 is 0.982 bits per heavy atom. The quantitative estimate of drug-likeness (QED) is 0.0198. The maximum atomic E-state index is 12.6. The van der Waals surface area contributed by atoms with Crippen molar-refractivity contribution in [3.63, 3.8) is 0 Å². The smallest absolute Gasteiger partial charge is 0.306 e. The van der Waals surface area contributed by atoms with Crippen LogP contribution in [0.25, 0.3) is 0 Å². The molecule has 0 aliphatic heterocycles. The van der Waals surface area contributed by atoms with Gasteiger partial charge in [0, 0.05) is 12.8 Å². The number of carbonyl (C=O) groups excluding carboxylic acids is 2. The summed E-state index contributed by atoms with van der Waals surface area (Å²) in [5.41, 5.74) is 0. The highest BCUT2D eigenvalue weighted by Crippen LogP contribution is 2.38. The minimum atomic E-state index is -4.64. The van der Waals surface area contributed by atoms with E-state index in [1.807, 2.05) is 27.2 Å². The first-order valence-electron chi connectivity index (χ1n) is 22.3. The van der Waals surface area contributed by atoms with E-state index >= 15 is 0 Å². The fraction of sp³-hybridized carbons (Fsp3) is 0.783. The van der Waals surface area contributed by atoms with Gasteiger partial charge in [-0.25, -0.2) is 0 Å². The first kappa shape index (κ1) is 54.0. The number of unbranched alkanes of at least 4 members (excludes halogenated alkanes) is 18. The number of nitrogens with zero attached hydrogens (tertiary/aromatic N) is 1. The number of ether oxygens (including phenoxy) is 2. The van der Waals surface area contributed by atoms with Crippen molar-refractivity contribution in [2.45, 2.75) is 187 Å². The lowest BCUT2D eigenvalue weighted by atomic mass is 10.0. The molecule has 0 heterocycles. The predicted molar refractivity (Wildman–Crippen MR) is 231 cm³/mol. The molecule has 10 heteroatoms. The molecule has 56 heavy (non-hydrogen) atoms. The fourth-order valence-electron chi connectivity index (χ4n) is 5.82. The first-order valence-corrected chi connectivity index (χ1v) is 23.8. The Morgan fingerprint density at radius 3 is 1.48 bits per heavy atom. The molecule has 0 fully saturated rings. The van der Waals surface area contributed by atoms with Crippen LogP contribution in [0.15, 0.2) is 48.6 Å². The summed E-state index contributed by atoms with van der Waals surface area (Å²) in [4.78, 5) is 37.5. The second kappa shape index (κ2) is 38.5. The lowest BCUT2D eigenvalue weighted by molar-refractivity contribution is -0.870. The number of phosphoric ester groups is 1. The molecule has 2 unspecified atom stereocenters. The average molecular weight is 810 g/mol. The van der Waals surface area contributed by atoms with E-state index in [0.29, 0.717) is 23.9 Å². The van der Waals surface area contributed by atoms with Crippen LogP contribution in [-0.4, -0.2) is 70.0 Å². The van der Waals surface area contributed by atoms with Gasteiger partial charge in [-0.1, -0.05) is 165 Å². The van der Waals surface area contributed by atoms with Crippen molar-refractivity contribution in [3.05, 3.63) is 48.6 Å². The van der Waals surface area contributed by atoms with Crippen LogP contribution >= 0.6 is 7.82 Å². The molecule has 0 N–H and O–H groups in total. The highest BCUT2D eigenvalue weighted by molar-refractivity contribution is 7.45. The van der Waals surface area contributed by atoms with Gasteiger partial charge in [-0.15, -0.1) is 0 Å². The summed E-state index contributed by atoms with van der Waals surface area (Å²) in [5.74, 6) is -0.898. The summed E-state index contributed by atoms with van der Waals surface area (Å²) in [6.07, 6.45) is 44.3. The van der Waals surface area contributed by atoms with E-state index in [-0.39, 0.29) is 26.1 Å². The van der Waals surface area contributed by atoms with Gasteiger partial charge in [0.15, 0.2) is 6.10 Å². The summed E-state index contributed by atoms with van der Waals surface area (Å²) in [7, 11) is 1.13. The number of hydrogen-bond acceptors (Lipinski definition) is 8. The number of likely N-dealkylation sites (N-methyl/N-ethyl adjacent to an activating group) is 1. The molecule has 0 radical (unpaired) electrons. The molecule has 0 rings (SSSR count). The van der Waals surface area contributed by atoms with Gasteiger partial charge in [0.1, 0.15) is 19.8 Å². The minimum Gasteiger partial charge on any atom is -0.756 e. The normalized spacial score (nSPS) is 14.0. The average Bonchev–Trinajstić information content (AvgIpc) is 3.15. The topological polar surface area (TPSA) is 111 Å². The number of phosphoric acid groups is 1. The van der Waals surface area contributed by atoms with Gasteiger partial charge in [0.2, 0.25) is 0 Å². The van der Waals surface area contributed by atoms with Crippen molar-refractivity contribution in [2.75, 3.05) is 47.5 Å². The van der Waals surface area contributed by atoms with Crippen molar-refractivity contribution in [3.8, 4) is 0 Å². The standard InChI is InChI=1S/C46H84NO8P/c1-6-8-10-12-14-16-18-20-22-23-25-27-29-31-33-35-37-39-46(49)55-44(43-54-56(50,51)53-41-40-47(3,4)5)42-52-45(48)38-36-34-32-30-28-26-24-21-19-17-15-13-11-9-7-2/h14,16,20,22,25,27,31,33,44H,6-13,15,17-19,21,23-24,26,28-30,32,34-43H2,1-5H3/b16-14-,22-20-,27-25-,33-31-. The van der Waals surface area contributed by atoms with E-state index in [4.69, 9.17) is 18.5 Å². The number of carbonyl (C=O) groups is 2. The summed E-state index contributed by atoms with van der Waals surface area (Å²) < 4.78 is 33.8. The van der Waals surface area contributed by atoms with Crippen LogP contribution in [0, 0.1) is 0 Å². The molecule has 2 atom stereocenters. The van der Waals surface area contributed by atoms with Crippen molar-refractivity contribution < 1.29 is 42.1 Å². The fourth-order valence-corrected chi connectivity index (χ4v) is 6.55.